The van der Waals surface area contributed by atoms with Gasteiger partial charge in [-0.2, -0.15) is 11.8 Å². The minimum Gasteiger partial charge on any atom is -0.366 e. The minimum atomic E-state index is -0.565. The molecule has 0 radical (unpaired) electrons. The predicted octanol–water partition coefficient (Wildman–Crippen LogP) is 0.866. The summed E-state index contributed by atoms with van der Waals surface area (Å²) in [6.07, 6.45) is 2.55. The van der Waals surface area contributed by atoms with Crippen molar-refractivity contribution in [3.8, 4) is 0 Å². The predicted molar refractivity (Wildman–Crippen MR) is 72.4 cm³/mol. The Balaban J connectivity index is 2.61. The average Bonchev–Trinajstić information content (AvgIpc) is 2.73. The summed E-state index contributed by atoms with van der Waals surface area (Å²) in [5, 5.41) is 4.78. The van der Waals surface area contributed by atoms with Crippen LogP contribution in [0.4, 0.5) is 5.00 Å². The molecule has 7 heteroatoms. The van der Waals surface area contributed by atoms with E-state index in [1.165, 1.54) is 11.3 Å². The number of primary amides is 1. The zero-order chi connectivity index (χ0) is 12.8. The summed E-state index contributed by atoms with van der Waals surface area (Å²) in [4.78, 5) is 22.7. The minimum absolute atomic E-state index is 0.288. The molecule has 1 aromatic heterocycles. The van der Waals surface area contributed by atoms with Gasteiger partial charge in [-0.1, -0.05) is 0 Å². The van der Waals surface area contributed by atoms with Crippen molar-refractivity contribution in [3.63, 3.8) is 0 Å². The Bertz CT molecular complexity index is 406. The van der Waals surface area contributed by atoms with Gasteiger partial charge in [-0.25, -0.2) is 0 Å². The van der Waals surface area contributed by atoms with Crippen molar-refractivity contribution in [2.75, 3.05) is 17.3 Å². The molecule has 0 aliphatic heterocycles. The topological polar surface area (TPSA) is 98.2 Å². The molecule has 0 aromatic carbocycles. The lowest BCUT2D eigenvalue weighted by molar-refractivity contribution is -0.117. The van der Waals surface area contributed by atoms with Gasteiger partial charge < -0.3 is 16.8 Å². The number of amides is 2. The van der Waals surface area contributed by atoms with Crippen LogP contribution in [0.15, 0.2) is 11.4 Å². The number of thiophene rings is 1. The maximum atomic E-state index is 11.7. The SMILES string of the molecule is CSCC[C@H](N)C(=O)Nc1sccc1C(N)=O. The van der Waals surface area contributed by atoms with E-state index in [9.17, 15) is 9.59 Å². The van der Waals surface area contributed by atoms with Crippen molar-refractivity contribution >= 4 is 39.9 Å². The number of rotatable bonds is 6. The smallest absolute Gasteiger partial charge is 0.251 e. The van der Waals surface area contributed by atoms with Crippen LogP contribution >= 0.6 is 23.1 Å². The molecule has 0 aliphatic carbocycles. The largest absolute Gasteiger partial charge is 0.366 e. The molecule has 0 saturated carbocycles. The molecule has 0 aliphatic rings. The Hall–Kier alpha value is -1.05. The number of hydrogen-bond donors (Lipinski definition) is 3. The molecular weight excluding hydrogens is 258 g/mol. The van der Waals surface area contributed by atoms with Crippen LogP contribution in [0, 0.1) is 0 Å². The van der Waals surface area contributed by atoms with Gasteiger partial charge in [0.05, 0.1) is 11.6 Å². The molecule has 1 atom stereocenters. The van der Waals surface area contributed by atoms with Crippen molar-refractivity contribution in [2.45, 2.75) is 12.5 Å². The molecule has 94 valence electrons. The van der Waals surface area contributed by atoms with E-state index in [-0.39, 0.29) is 5.91 Å². The van der Waals surface area contributed by atoms with Gasteiger partial charge in [0.1, 0.15) is 5.00 Å². The first kappa shape index (κ1) is 14.0. The van der Waals surface area contributed by atoms with Crippen LogP contribution in [0.5, 0.6) is 0 Å². The Morgan fingerprint density at radius 2 is 2.29 bits per heavy atom. The van der Waals surface area contributed by atoms with Gasteiger partial charge in [-0.05, 0) is 29.9 Å². The first-order chi connectivity index (χ1) is 8.06. The van der Waals surface area contributed by atoms with Gasteiger partial charge in [0.15, 0.2) is 0 Å². The van der Waals surface area contributed by atoms with E-state index < -0.39 is 11.9 Å². The van der Waals surface area contributed by atoms with E-state index in [1.807, 2.05) is 6.26 Å². The number of carbonyl (C=O) groups excluding carboxylic acids is 2. The third-order valence-electron chi connectivity index (χ3n) is 2.14. The zero-order valence-electron chi connectivity index (χ0n) is 9.43. The maximum absolute atomic E-state index is 11.7. The second-order valence-electron chi connectivity index (χ2n) is 3.40. The molecule has 1 heterocycles. The van der Waals surface area contributed by atoms with Gasteiger partial charge in [-0.3, -0.25) is 9.59 Å². The molecule has 1 aromatic rings. The van der Waals surface area contributed by atoms with Crippen LogP contribution in [0.3, 0.4) is 0 Å². The Kier molecular flexibility index (Phi) is 5.46. The summed E-state index contributed by atoms with van der Waals surface area (Å²) in [5.74, 6) is -0.0231. The number of carbonyl (C=O) groups is 2. The molecule has 0 spiro atoms. The molecule has 1 rings (SSSR count). The second-order valence-corrected chi connectivity index (χ2v) is 5.31. The molecule has 0 unspecified atom stereocenters. The first-order valence-corrected chi connectivity index (χ1v) is 7.26. The van der Waals surface area contributed by atoms with E-state index >= 15 is 0 Å². The van der Waals surface area contributed by atoms with E-state index in [0.29, 0.717) is 17.0 Å². The normalized spacial score (nSPS) is 12.1. The molecule has 5 N–H and O–H groups in total. The Morgan fingerprint density at radius 1 is 1.59 bits per heavy atom. The van der Waals surface area contributed by atoms with E-state index in [0.717, 1.165) is 5.75 Å². The summed E-state index contributed by atoms with van der Waals surface area (Å²) in [6.45, 7) is 0. The zero-order valence-corrected chi connectivity index (χ0v) is 11.1. The number of hydrogen-bond acceptors (Lipinski definition) is 5. The van der Waals surface area contributed by atoms with Gasteiger partial charge in [0.25, 0.3) is 5.91 Å². The van der Waals surface area contributed by atoms with E-state index in [2.05, 4.69) is 5.32 Å². The first-order valence-electron chi connectivity index (χ1n) is 4.99. The lowest BCUT2D eigenvalue weighted by atomic mass is 10.2. The van der Waals surface area contributed by atoms with Crippen LogP contribution in [-0.2, 0) is 4.79 Å². The standard InChI is InChI=1S/C10H15N3O2S2/c1-16-4-3-7(11)9(15)13-10-6(8(12)14)2-5-17-10/h2,5,7H,3-4,11H2,1H3,(H2,12,14)(H,13,15)/t7-/m0/s1. The van der Waals surface area contributed by atoms with Gasteiger partial charge in [0, 0.05) is 0 Å². The van der Waals surface area contributed by atoms with Crippen molar-refractivity contribution in [2.24, 2.45) is 11.5 Å². The summed E-state index contributed by atoms with van der Waals surface area (Å²) in [6, 6.07) is 1.01. The summed E-state index contributed by atoms with van der Waals surface area (Å²) in [5.41, 5.74) is 11.2. The maximum Gasteiger partial charge on any atom is 0.251 e. The van der Waals surface area contributed by atoms with Crippen molar-refractivity contribution < 1.29 is 9.59 Å². The number of nitrogens with one attached hydrogen (secondary N) is 1. The monoisotopic (exact) mass is 273 g/mol. The highest BCUT2D eigenvalue weighted by molar-refractivity contribution is 7.98. The second kappa shape index (κ2) is 6.63. The van der Waals surface area contributed by atoms with Gasteiger partial charge in [0.2, 0.25) is 5.91 Å². The van der Waals surface area contributed by atoms with Crippen LogP contribution in [-0.4, -0.2) is 29.9 Å². The molecule has 17 heavy (non-hydrogen) atoms. The van der Waals surface area contributed by atoms with Crippen LogP contribution in [0.25, 0.3) is 0 Å². The lowest BCUT2D eigenvalue weighted by Gasteiger charge is -2.11. The number of nitrogens with two attached hydrogens (primary N) is 2. The average molecular weight is 273 g/mol. The van der Waals surface area contributed by atoms with Crippen molar-refractivity contribution in [1.82, 2.24) is 0 Å². The molecule has 2 amide bonds. The number of thioether (sulfide) groups is 1. The third-order valence-corrected chi connectivity index (χ3v) is 3.61. The summed E-state index contributed by atoms with van der Waals surface area (Å²) < 4.78 is 0. The van der Waals surface area contributed by atoms with Crippen molar-refractivity contribution in [3.05, 3.63) is 17.0 Å². The molecular formula is C10H15N3O2S2. The van der Waals surface area contributed by atoms with Crippen LogP contribution in [0.1, 0.15) is 16.8 Å². The third kappa shape index (κ3) is 4.03. The van der Waals surface area contributed by atoms with Crippen molar-refractivity contribution in [1.29, 1.82) is 0 Å². The van der Waals surface area contributed by atoms with Crippen LogP contribution < -0.4 is 16.8 Å². The highest BCUT2D eigenvalue weighted by Crippen LogP contribution is 2.22. The van der Waals surface area contributed by atoms with Gasteiger partial charge >= 0.3 is 0 Å². The van der Waals surface area contributed by atoms with Crippen LogP contribution in [0.2, 0.25) is 0 Å². The number of anilines is 1. The molecule has 0 fully saturated rings. The fourth-order valence-electron chi connectivity index (χ4n) is 1.18. The Labute approximate surface area is 108 Å². The van der Waals surface area contributed by atoms with Gasteiger partial charge in [-0.15, -0.1) is 11.3 Å². The Morgan fingerprint density at radius 3 is 2.88 bits per heavy atom. The molecule has 0 saturated heterocycles. The fourth-order valence-corrected chi connectivity index (χ4v) is 2.47. The molecule has 5 nitrogen and oxygen atoms in total. The lowest BCUT2D eigenvalue weighted by Crippen LogP contribution is -2.36. The summed E-state index contributed by atoms with van der Waals surface area (Å²) in [7, 11) is 0. The van der Waals surface area contributed by atoms with E-state index in [1.54, 1.807) is 23.2 Å². The quantitative estimate of drug-likeness (QED) is 0.716. The highest BCUT2D eigenvalue weighted by Gasteiger charge is 2.17. The molecule has 0 bridgehead atoms. The summed E-state index contributed by atoms with van der Waals surface area (Å²) >= 11 is 2.89. The van der Waals surface area contributed by atoms with E-state index in [4.69, 9.17) is 11.5 Å². The highest BCUT2D eigenvalue weighted by atomic mass is 32.2. The fraction of sp³-hybridized carbons (Fsp3) is 0.400.